The molecule has 3 aromatic rings. The number of anilines is 1. The standard InChI is InChI=1S/C25H18Cl2FNO5/c1-33-19-12-20(34-2)17(27)11-15(19)23(30)21-22(13-6-4-3-5-7-13)29(25(32)24(21)31)14-8-9-18(28)16(26)10-14/h3-12,22,30H,1-2H3/b23-21+. The molecule has 9 heteroatoms. The van der Waals surface area contributed by atoms with Crippen molar-refractivity contribution >= 4 is 46.3 Å². The lowest BCUT2D eigenvalue weighted by Crippen LogP contribution is -2.29. The van der Waals surface area contributed by atoms with Gasteiger partial charge in [0.2, 0.25) is 0 Å². The van der Waals surface area contributed by atoms with Crippen LogP contribution in [0.4, 0.5) is 10.1 Å². The summed E-state index contributed by atoms with van der Waals surface area (Å²) in [6, 6.07) is 14.2. The SMILES string of the molecule is COc1cc(OC)c(/C(O)=C2\C(=O)C(=O)N(c3ccc(F)c(Cl)c3)C2c2ccccc2)cc1Cl. The molecule has 0 radical (unpaired) electrons. The zero-order valence-corrected chi connectivity index (χ0v) is 19.5. The number of ketones is 1. The molecule has 1 aliphatic heterocycles. The molecule has 1 heterocycles. The Morgan fingerprint density at radius 3 is 2.24 bits per heavy atom. The molecule has 6 nitrogen and oxygen atoms in total. The van der Waals surface area contributed by atoms with Crippen molar-refractivity contribution in [3.63, 3.8) is 0 Å². The van der Waals surface area contributed by atoms with E-state index in [1.165, 1.54) is 43.4 Å². The summed E-state index contributed by atoms with van der Waals surface area (Å²) in [7, 11) is 2.81. The van der Waals surface area contributed by atoms with Crippen LogP contribution < -0.4 is 14.4 Å². The van der Waals surface area contributed by atoms with Crippen molar-refractivity contribution < 1.29 is 28.6 Å². The fourth-order valence-electron chi connectivity index (χ4n) is 3.87. The van der Waals surface area contributed by atoms with E-state index in [4.69, 9.17) is 32.7 Å². The van der Waals surface area contributed by atoms with Gasteiger partial charge in [-0.25, -0.2) is 4.39 Å². The zero-order chi connectivity index (χ0) is 24.6. The highest BCUT2D eigenvalue weighted by Crippen LogP contribution is 2.45. The van der Waals surface area contributed by atoms with Crippen LogP contribution in [0.25, 0.3) is 5.76 Å². The van der Waals surface area contributed by atoms with E-state index in [-0.39, 0.29) is 32.6 Å². The molecule has 1 amide bonds. The van der Waals surface area contributed by atoms with Gasteiger partial charge in [-0.05, 0) is 29.8 Å². The number of ether oxygens (including phenoxy) is 2. The molecule has 1 atom stereocenters. The highest BCUT2D eigenvalue weighted by atomic mass is 35.5. The molecule has 1 aliphatic rings. The van der Waals surface area contributed by atoms with E-state index >= 15 is 0 Å². The minimum Gasteiger partial charge on any atom is -0.507 e. The molecule has 0 aliphatic carbocycles. The number of carbonyl (C=O) groups excluding carboxylic acids is 2. The first-order valence-electron chi connectivity index (χ1n) is 10.0. The monoisotopic (exact) mass is 501 g/mol. The summed E-state index contributed by atoms with van der Waals surface area (Å²) < 4.78 is 24.4. The number of rotatable bonds is 5. The summed E-state index contributed by atoms with van der Waals surface area (Å²) in [6.45, 7) is 0. The van der Waals surface area contributed by atoms with Gasteiger partial charge in [0.1, 0.15) is 23.1 Å². The molecule has 4 rings (SSSR count). The van der Waals surface area contributed by atoms with E-state index in [9.17, 15) is 19.1 Å². The van der Waals surface area contributed by atoms with Crippen LogP contribution in [0.3, 0.4) is 0 Å². The van der Waals surface area contributed by atoms with E-state index in [1.54, 1.807) is 30.3 Å². The van der Waals surface area contributed by atoms with Crippen LogP contribution in [-0.4, -0.2) is 31.0 Å². The van der Waals surface area contributed by atoms with E-state index in [0.29, 0.717) is 11.3 Å². The van der Waals surface area contributed by atoms with Gasteiger partial charge >= 0.3 is 0 Å². The van der Waals surface area contributed by atoms with Crippen molar-refractivity contribution in [2.45, 2.75) is 6.04 Å². The average molecular weight is 502 g/mol. The van der Waals surface area contributed by atoms with Crippen molar-refractivity contribution in [3.8, 4) is 11.5 Å². The number of nitrogens with zero attached hydrogens (tertiary/aromatic N) is 1. The van der Waals surface area contributed by atoms with E-state index in [0.717, 1.165) is 6.07 Å². The van der Waals surface area contributed by atoms with Crippen molar-refractivity contribution in [2.75, 3.05) is 19.1 Å². The molecule has 34 heavy (non-hydrogen) atoms. The maximum Gasteiger partial charge on any atom is 0.300 e. The number of hydrogen-bond acceptors (Lipinski definition) is 5. The number of halogens is 3. The molecule has 1 unspecified atom stereocenters. The summed E-state index contributed by atoms with van der Waals surface area (Å²) in [6.07, 6.45) is 0. The normalized spacial score (nSPS) is 17.2. The van der Waals surface area contributed by atoms with Crippen LogP contribution in [0.2, 0.25) is 10.0 Å². The van der Waals surface area contributed by atoms with Crippen LogP contribution in [0.15, 0.2) is 66.2 Å². The number of hydrogen-bond donors (Lipinski definition) is 1. The van der Waals surface area contributed by atoms with Gasteiger partial charge < -0.3 is 14.6 Å². The summed E-state index contributed by atoms with van der Waals surface area (Å²) in [5.41, 5.74) is 0.656. The molecule has 0 aromatic heterocycles. The topological polar surface area (TPSA) is 76.1 Å². The Kier molecular flexibility index (Phi) is 6.50. The van der Waals surface area contributed by atoms with Gasteiger partial charge in [-0.3, -0.25) is 14.5 Å². The lowest BCUT2D eigenvalue weighted by Gasteiger charge is -2.25. The number of methoxy groups -OCH3 is 2. The third-order valence-electron chi connectivity index (χ3n) is 5.47. The second kappa shape index (κ2) is 9.37. The zero-order valence-electron chi connectivity index (χ0n) is 18.0. The Balaban J connectivity index is 1.98. The molecule has 1 N–H and O–H groups in total. The third kappa shape index (κ3) is 3.97. The molecular weight excluding hydrogens is 484 g/mol. The van der Waals surface area contributed by atoms with Crippen LogP contribution in [0, 0.1) is 5.82 Å². The van der Waals surface area contributed by atoms with Gasteiger partial charge in [0, 0.05) is 11.8 Å². The molecule has 1 saturated heterocycles. The van der Waals surface area contributed by atoms with E-state index in [2.05, 4.69) is 0 Å². The van der Waals surface area contributed by atoms with Gasteiger partial charge in [0.05, 0.1) is 41.4 Å². The lowest BCUT2D eigenvalue weighted by atomic mass is 9.94. The van der Waals surface area contributed by atoms with Crippen LogP contribution >= 0.6 is 23.2 Å². The lowest BCUT2D eigenvalue weighted by molar-refractivity contribution is -0.132. The van der Waals surface area contributed by atoms with Crippen molar-refractivity contribution in [3.05, 3.63) is 93.2 Å². The highest BCUT2D eigenvalue weighted by Gasteiger charge is 2.47. The van der Waals surface area contributed by atoms with Crippen LogP contribution in [-0.2, 0) is 9.59 Å². The molecule has 3 aromatic carbocycles. The fourth-order valence-corrected chi connectivity index (χ4v) is 4.29. The second-order valence-electron chi connectivity index (χ2n) is 7.37. The van der Waals surface area contributed by atoms with Crippen LogP contribution in [0.5, 0.6) is 11.5 Å². The highest BCUT2D eigenvalue weighted by molar-refractivity contribution is 6.52. The first kappa shape index (κ1) is 23.6. The first-order valence-corrected chi connectivity index (χ1v) is 10.8. The van der Waals surface area contributed by atoms with E-state index in [1.807, 2.05) is 0 Å². The van der Waals surface area contributed by atoms with Gasteiger partial charge in [0.25, 0.3) is 11.7 Å². The Labute approximate surface area is 204 Å². The molecule has 1 fully saturated rings. The van der Waals surface area contributed by atoms with Crippen molar-refractivity contribution in [2.24, 2.45) is 0 Å². The maximum absolute atomic E-state index is 13.8. The quantitative estimate of drug-likeness (QED) is 0.272. The van der Waals surface area contributed by atoms with Gasteiger partial charge in [-0.1, -0.05) is 53.5 Å². The third-order valence-corrected chi connectivity index (χ3v) is 6.06. The number of Topliss-reactive ketones (excluding diaryl/α,β-unsaturated/α-hetero) is 1. The maximum atomic E-state index is 13.8. The minimum absolute atomic E-state index is 0.101. The number of aliphatic hydroxyl groups excluding tert-OH is 1. The molecular formula is C25H18Cl2FNO5. The number of carbonyl (C=O) groups is 2. The Morgan fingerprint density at radius 1 is 0.941 bits per heavy atom. The van der Waals surface area contributed by atoms with Gasteiger partial charge in [-0.15, -0.1) is 0 Å². The van der Waals surface area contributed by atoms with Crippen LogP contribution in [0.1, 0.15) is 17.2 Å². The molecule has 0 spiro atoms. The summed E-state index contributed by atoms with van der Waals surface area (Å²) in [5, 5.41) is 11.3. The Hall–Kier alpha value is -3.55. The largest absolute Gasteiger partial charge is 0.507 e. The molecule has 0 bridgehead atoms. The summed E-state index contributed by atoms with van der Waals surface area (Å²) >= 11 is 12.2. The molecule has 0 saturated carbocycles. The average Bonchev–Trinajstić information content (AvgIpc) is 3.11. The smallest absolute Gasteiger partial charge is 0.300 e. The number of amides is 1. The van der Waals surface area contributed by atoms with E-state index < -0.39 is 29.3 Å². The summed E-state index contributed by atoms with van der Waals surface area (Å²) in [4.78, 5) is 27.6. The Bertz CT molecular complexity index is 1330. The second-order valence-corrected chi connectivity index (χ2v) is 8.18. The first-order chi connectivity index (χ1) is 16.3. The van der Waals surface area contributed by atoms with Gasteiger partial charge in [-0.2, -0.15) is 0 Å². The Morgan fingerprint density at radius 2 is 1.62 bits per heavy atom. The minimum atomic E-state index is -1.02. The van der Waals surface area contributed by atoms with Gasteiger partial charge in [0.15, 0.2) is 0 Å². The van der Waals surface area contributed by atoms with Crippen molar-refractivity contribution in [1.29, 1.82) is 0 Å². The predicted molar refractivity (Wildman–Crippen MR) is 127 cm³/mol. The number of aliphatic hydroxyl groups is 1. The predicted octanol–water partition coefficient (Wildman–Crippen LogP) is 5.78. The van der Waals surface area contributed by atoms with Crippen molar-refractivity contribution in [1.82, 2.24) is 0 Å². The number of benzene rings is 3. The summed E-state index contributed by atoms with van der Waals surface area (Å²) in [5.74, 6) is -2.50. The molecule has 174 valence electrons. The fraction of sp³-hybridized carbons (Fsp3) is 0.120.